The summed E-state index contributed by atoms with van der Waals surface area (Å²) in [5, 5.41) is 6.09. The largest absolute Gasteiger partial charge is 0.493 e. The number of anilines is 2. The highest BCUT2D eigenvalue weighted by Gasteiger charge is 2.26. The van der Waals surface area contributed by atoms with E-state index in [-0.39, 0.29) is 22.6 Å². The Morgan fingerprint density at radius 2 is 1.54 bits per heavy atom. The van der Waals surface area contributed by atoms with Gasteiger partial charge in [-0.15, -0.1) is 0 Å². The second-order valence-corrected chi connectivity index (χ2v) is 11.6. The molecule has 2 amide bonds. The highest BCUT2D eigenvalue weighted by Crippen LogP contribution is 2.38. The molecule has 0 spiro atoms. The summed E-state index contributed by atoms with van der Waals surface area (Å²) in [5.41, 5.74) is 4.13. The number of halogens is 1. The number of amides is 2. The van der Waals surface area contributed by atoms with Gasteiger partial charge in [-0.2, -0.15) is 0 Å². The fraction of sp³-hybridized carbons (Fsp3) is 0.394. The first-order valence-corrected chi connectivity index (χ1v) is 14.1. The Hall–Kier alpha value is -3.31. The Labute approximate surface area is 238 Å². The quantitative estimate of drug-likeness (QED) is 0.222. The highest BCUT2D eigenvalue weighted by atomic mass is 35.5. The molecule has 0 atom stereocenters. The van der Waals surface area contributed by atoms with E-state index in [1.807, 2.05) is 6.07 Å². The van der Waals surface area contributed by atoms with Crippen LogP contribution in [0.5, 0.6) is 5.75 Å². The number of nitrogens with one attached hydrogen (secondary N) is 2. The topological polar surface area (TPSA) is 67.4 Å². The normalized spacial score (nSPS) is 11.7. The summed E-state index contributed by atoms with van der Waals surface area (Å²) < 4.78 is 6.20. The third-order valence-electron chi connectivity index (χ3n) is 7.60. The van der Waals surface area contributed by atoms with Gasteiger partial charge in [-0.3, -0.25) is 9.59 Å². The Kier molecular flexibility index (Phi) is 10.2. The minimum absolute atomic E-state index is 0.0191. The minimum Gasteiger partial charge on any atom is -0.493 e. The number of carbonyl (C=O) groups excluding carboxylic acids is 2. The van der Waals surface area contributed by atoms with Gasteiger partial charge in [0.1, 0.15) is 5.75 Å². The molecule has 39 heavy (non-hydrogen) atoms. The zero-order chi connectivity index (χ0) is 28.6. The van der Waals surface area contributed by atoms with E-state index in [2.05, 4.69) is 70.4 Å². The van der Waals surface area contributed by atoms with E-state index in [4.69, 9.17) is 16.3 Å². The van der Waals surface area contributed by atoms with Crippen molar-refractivity contribution in [1.29, 1.82) is 0 Å². The fourth-order valence-corrected chi connectivity index (χ4v) is 4.29. The first-order valence-electron chi connectivity index (χ1n) is 13.7. The van der Waals surface area contributed by atoms with Crippen molar-refractivity contribution in [2.24, 2.45) is 0 Å². The van der Waals surface area contributed by atoms with Gasteiger partial charge in [0, 0.05) is 23.2 Å². The lowest BCUT2D eigenvalue weighted by Gasteiger charge is -2.30. The van der Waals surface area contributed by atoms with Gasteiger partial charge in [-0.25, -0.2) is 0 Å². The smallest absolute Gasteiger partial charge is 0.255 e. The lowest BCUT2D eigenvalue weighted by Crippen LogP contribution is -2.21. The van der Waals surface area contributed by atoms with Crippen LogP contribution in [0.3, 0.4) is 0 Å². The number of hydrogen-bond acceptors (Lipinski definition) is 3. The summed E-state index contributed by atoms with van der Waals surface area (Å²) in [4.78, 5) is 25.1. The highest BCUT2D eigenvalue weighted by molar-refractivity contribution is 6.34. The predicted molar refractivity (Wildman–Crippen MR) is 162 cm³/mol. The van der Waals surface area contributed by atoms with Crippen LogP contribution < -0.4 is 15.4 Å². The van der Waals surface area contributed by atoms with Gasteiger partial charge < -0.3 is 15.4 Å². The molecule has 0 aromatic heterocycles. The maximum absolute atomic E-state index is 12.6. The van der Waals surface area contributed by atoms with Gasteiger partial charge in [0.15, 0.2) is 0 Å². The summed E-state index contributed by atoms with van der Waals surface area (Å²) >= 11 is 6.28. The molecule has 0 radical (unpaired) electrons. The van der Waals surface area contributed by atoms with Crippen LogP contribution in [0.15, 0.2) is 66.7 Å². The molecular weight excluding hydrogens is 508 g/mol. The van der Waals surface area contributed by atoms with Crippen molar-refractivity contribution in [1.82, 2.24) is 0 Å². The Bertz CT molecular complexity index is 1290. The molecule has 0 saturated heterocycles. The number of hydrogen-bond donors (Lipinski definition) is 2. The van der Waals surface area contributed by atoms with Crippen molar-refractivity contribution in [2.45, 2.75) is 78.1 Å². The van der Waals surface area contributed by atoms with E-state index in [9.17, 15) is 9.59 Å². The van der Waals surface area contributed by atoms with Gasteiger partial charge in [0.2, 0.25) is 5.91 Å². The second kappa shape index (κ2) is 13.2. The van der Waals surface area contributed by atoms with E-state index in [1.165, 1.54) is 11.1 Å². The zero-order valence-electron chi connectivity index (χ0n) is 24.0. The summed E-state index contributed by atoms with van der Waals surface area (Å²) in [6.45, 7) is 13.9. The molecule has 2 N–H and O–H groups in total. The van der Waals surface area contributed by atoms with Crippen molar-refractivity contribution in [2.75, 3.05) is 17.2 Å². The van der Waals surface area contributed by atoms with Crippen molar-refractivity contribution in [3.63, 3.8) is 0 Å². The van der Waals surface area contributed by atoms with E-state index < -0.39 is 0 Å². The van der Waals surface area contributed by atoms with Crippen LogP contribution in [-0.4, -0.2) is 18.4 Å². The van der Waals surface area contributed by atoms with Crippen molar-refractivity contribution in [3.05, 3.63) is 88.4 Å². The third-order valence-corrected chi connectivity index (χ3v) is 7.93. The lowest BCUT2D eigenvalue weighted by atomic mass is 9.76. The van der Waals surface area contributed by atoms with Gasteiger partial charge >= 0.3 is 0 Å². The molecule has 0 heterocycles. The average molecular weight is 549 g/mol. The zero-order valence-corrected chi connectivity index (χ0v) is 24.7. The Morgan fingerprint density at radius 1 is 0.846 bits per heavy atom. The molecule has 0 aliphatic rings. The maximum Gasteiger partial charge on any atom is 0.255 e. The van der Waals surface area contributed by atoms with Crippen molar-refractivity contribution >= 4 is 34.8 Å². The third kappa shape index (κ3) is 8.09. The SMILES string of the molecule is CCC(C)(C)c1ccc(OCCCC(=O)Nc2ccc(Cl)c(NC(=O)c3ccccc3)c2)c(C(C)(C)CC)c1. The first kappa shape index (κ1) is 30.2. The molecule has 0 fully saturated rings. The van der Waals surface area contributed by atoms with Crippen molar-refractivity contribution < 1.29 is 14.3 Å². The molecule has 0 aliphatic heterocycles. The summed E-state index contributed by atoms with van der Waals surface area (Å²) in [5.74, 6) is 0.486. The first-order chi connectivity index (χ1) is 18.5. The molecule has 0 bridgehead atoms. The molecule has 0 saturated carbocycles. The van der Waals surface area contributed by atoms with Crippen LogP contribution in [0.4, 0.5) is 11.4 Å². The van der Waals surface area contributed by atoms with E-state index in [0.29, 0.717) is 41.4 Å². The Balaban J connectivity index is 1.58. The fourth-order valence-electron chi connectivity index (χ4n) is 4.12. The number of carbonyl (C=O) groups is 2. The van der Waals surface area contributed by atoms with Crippen molar-refractivity contribution in [3.8, 4) is 5.75 Å². The second-order valence-electron chi connectivity index (χ2n) is 11.2. The molecule has 0 aliphatic carbocycles. The van der Waals surface area contributed by atoms with Gasteiger partial charge in [0.05, 0.1) is 17.3 Å². The molecule has 5 nitrogen and oxygen atoms in total. The van der Waals surface area contributed by atoms with Gasteiger partial charge in [-0.1, -0.05) is 83.5 Å². The molecule has 6 heteroatoms. The standard InChI is InChI=1S/C33H41ClN2O3/c1-7-32(3,4)24-16-19-29(26(21-24)33(5,6)8-2)39-20-12-15-30(37)35-25-17-18-27(34)28(22-25)36-31(38)23-13-10-9-11-14-23/h9-11,13-14,16-19,21-22H,7-8,12,15,20H2,1-6H3,(H,35,37)(H,36,38). The van der Waals surface area contributed by atoms with Gasteiger partial charge in [-0.05, 0) is 72.1 Å². The van der Waals surface area contributed by atoms with Crippen LogP contribution in [-0.2, 0) is 15.6 Å². The molecule has 3 aromatic rings. The monoisotopic (exact) mass is 548 g/mol. The molecule has 0 unspecified atom stereocenters. The van der Waals surface area contributed by atoms with Crippen LogP contribution in [0, 0.1) is 0 Å². The number of ether oxygens (including phenoxy) is 1. The summed E-state index contributed by atoms with van der Waals surface area (Å²) in [6.07, 6.45) is 2.94. The molecular formula is C33H41ClN2O3. The number of rotatable bonds is 12. The van der Waals surface area contributed by atoms with Crippen LogP contribution in [0.2, 0.25) is 5.02 Å². The molecule has 208 valence electrons. The van der Waals surface area contributed by atoms with E-state index in [1.54, 1.807) is 42.5 Å². The maximum atomic E-state index is 12.6. The van der Waals surface area contributed by atoms with E-state index >= 15 is 0 Å². The van der Waals surface area contributed by atoms with Gasteiger partial charge in [0.25, 0.3) is 5.91 Å². The molecule has 3 rings (SSSR count). The average Bonchev–Trinajstić information content (AvgIpc) is 2.93. The predicted octanol–water partition coefficient (Wildman–Crippen LogP) is 8.77. The summed E-state index contributed by atoms with van der Waals surface area (Å²) in [7, 11) is 0. The molecule has 3 aromatic carbocycles. The van der Waals surface area contributed by atoms with Crippen LogP contribution in [0.1, 0.15) is 88.7 Å². The Morgan fingerprint density at radius 3 is 2.21 bits per heavy atom. The van der Waals surface area contributed by atoms with E-state index in [0.717, 1.165) is 18.6 Å². The van der Waals surface area contributed by atoms with Crippen LogP contribution in [0.25, 0.3) is 0 Å². The number of benzene rings is 3. The summed E-state index contributed by atoms with van der Waals surface area (Å²) in [6, 6.07) is 20.5. The lowest BCUT2D eigenvalue weighted by molar-refractivity contribution is -0.116. The van der Waals surface area contributed by atoms with Crippen LogP contribution >= 0.6 is 11.6 Å². The minimum atomic E-state index is -0.268.